The minimum Gasteiger partial charge on any atom is -0.345 e. The number of halogens is 1. The van der Waals surface area contributed by atoms with Crippen molar-refractivity contribution >= 4 is 23.2 Å². The lowest BCUT2D eigenvalue weighted by molar-refractivity contribution is -0.385. The molecule has 0 unspecified atom stereocenters. The maximum Gasteiger partial charge on any atom is 0.273 e. The Morgan fingerprint density at radius 2 is 2.21 bits per heavy atom. The normalized spacial score (nSPS) is 16.5. The molecular formula is C13H15ClN2O3. The highest BCUT2D eigenvalue weighted by atomic mass is 35.5. The average Bonchev–Trinajstić information content (AvgIpc) is 2.33. The first-order valence-electron chi connectivity index (χ1n) is 6.11. The lowest BCUT2D eigenvalue weighted by atomic mass is 9.78. The van der Waals surface area contributed by atoms with Crippen molar-refractivity contribution in [3.63, 3.8) is 0 Å². The van der Waals surface area contributed by atoms with Crippen molar-refractivity contribution in [2.75, 3.05) is 5.88 Å². The summed E-state index contributed by atoms with van der Waals surface area (Å²) in [6, 6.07) is 4.49. The number of carbonyl (C=O) groups is 1. The fourth-order valence-electron chi connectivity index (χ4n) is 2.16. The summed E-state index contributed by atoms with van der Waals surface area (Å²) in [6.07, 6.45) is 2.76. The van der Waals surface area contributed by atoms with Crippen LogP contribution in [0.2, 0.25) is 0 Å². The van der Waals surface area contributed by atoms with Crippen molar-refractivity contribution in [3.8, 4) is 0 Å². The summed E-state index contributed by atoms with van der Waals surface area (Å²) in [7, 11) is 0. The van der Waals surface area contributed by atoms with E-state index in [9.17, 15) is 14.9 Å². The van der Waals surface area contributed by atoms with Gasteiger partial charge in [-0.05, 0) is 32.3 Å². The van der Waals surface area contributed by atoms with Crippen LogP contribution in [0.3, 0.4) is 0 Å². The molecule has 0 bridgehead atoms. The maximum atomic E-state index is 12.1. The first-order valence-corrected chi connectivity index (χ1v) is 6.64. The maximum absolute atomic E-state index is 12.1. The summed E-state index contributed by atoms with van der Waals surface area (Å²) in [5.41, 5.74) is 0.463. The van der Waals surface area contributed by atoms with Crippen molar-refractivity contribution < 1.29 is 9.72 Å². The first-order chi connectivity index (χ1) is 8.97. The second-order valence-electron chi connectivity index (χ2n) is 4.98. The number of aryl methyl sites for hydroxylation is 1. The molecule has 19 heavy (non-hydrogen) atoms. The summed E-state index contributed by atoms with van der Waals surface area (Å²) in [5.74, 6) is 0.0654. The molecular weight excluding hydrogens is 268 g/mol. The van der Waals surface area contributed by atoms with E-state index in [1.54, 1.807) is 19.1 Å². The van der Waals surface area contributed by atoms with Crippen LogP contribution in [0.1, 0.15) is 35.2 Å². The van der Waals surface area contributed by atoms with Crippen molar-refractivity contribution in [1.82, 2.24) is 5.32 Å². The van der Waals surface area contributed by atoms with Crippen LogP contribution >= 0.6 is 11.6 Å². The van der Waals surface area contributed by atoms with Crippen LogP contribution in [0.25, 0.3) is 0 Å². The number of nitro benzene ring substituents is 1. The second-order valence-corrected chi connectivity index (χ2v) is 5.25. The average molecular weight is 283 g/mol. The summed E-state index contributed by atoms with van der Waals surface area (Å²) in [5, 5.41) is 13.7. The van der Waals surface area contributed by atoms with Gasteiger partial charge in [-0.25, -0.2) is 0 Å². The van der Waals surface area contributed by atoms with E-state index < -0.39 is 4.92 Å². The third kappa shape index (κ3) is 2.71. The number of alkyl halides is 1. The first kappa shape index (κ1) is 13.8. The molecule has 1 aromatic carbocycles. The Labute approximate surface area is 116 Å². The topological polar surface area (TPSA) is 72.2 Å². The summed E-state index contributed by atoms with van der Waals surface area (Å²) >= 11 is 5.88. The summed E-state index contributed by atoms with van der Waals surface area (Å²) in [4.78, 5) is 22.5. The van der Waals surface area contributed by atoms with E-state index >= 15 is 0 Å². The van der Waals surface area contributed by atoms with Crippen LogP contribution < -0.4 is 5.32 Å². The zero-order chi connectivity index (χ0) is 14.0. The second kappa shape index (κ2) is 5.17. The van der Waals surface area contributed by atoms with Gasteiger partial charge in [0.25, 0.3) is 11.6 Å². The van der Waals surface area contributed by atoms with E-state index in [-0.39, 0.29) is 17.1 Å². The van der Waals surface area contributed by atoms with E-state index in [0.717, 1.165) is 19.3 Å². The van der Waals surface area contributed by atoms with Crippen LogP contribution in [-0.2, 0) is 0 Å². The van der Waals surface area contributed by atoms with Crippen molar-refractivity contribution in [2.45, 2.75) is 31.7 Å². The number of carbonyl (C=O) groups excluding carboxylic acids is 1. The van der Waals surface area contributed by atoms with Gasteiger partial charge in [-0.2, -0.15) is 0 Å². The molecule has 0 aliphatic heterocycles. The molecule has 5 nitrogen and oxygen atoms in total. The molecule has 0 spiro atoms. The number of hydrogen-bond donors (Lipinski definition) is 1. The highest BCUT2D eigenvalue weighted by molar-refractivity contribution is 6.19. The van der Waals surface area contributed by atoms with Gasteiger partial charge in [0.1, 0.15) is 0 Å². The van der Waals surface area contributed by atoms with Gasteiger partial charge >= 0.3 is 0 Å². The predicted octanol–water partition coefficient (Wildman–Crippen LogP) is 2.79. The Hall–Kier alpha value is -1.62. The van der Waals surface area contributed by atoms with E-state index in [4.69, 9.17) is 11.6 Å². The van der Waals surface area contributed by atoms with E-state index in [2.05, 4.69) is 5.32 Å². The van der Waals surface area contributed by atoms with Crippen LogP contribution in [0, 0.1) is 17.0 Å². The van der Waals surface area contributed by atoms with Crippen LogP contribution in [0.15, 0.2) is 18.2 Å². The van der Waals surface area contributed by atoms with Crippen molar-refractivity contribution in [3.05, 3.63) is 39.4 Å². The number of benzene rings is 1. The Morgan fingerprint density at radius 1 is 1.53 bits per heavy atom. The number of nitro groups is 1. The van der Waals surface area contributed by atoms with Crippen LogP contribution in [-0.4, -0.2) is 22.2 Å². The number of nitrogens with zero attached hydrogens (tertiary/aromatic N) is 1. The SMILES string of the molecule is Cc1ccc(C(=O)NC2(CCl)CCC2)cc1[N+](=O)[O-]. The molecule has 0 aromatic heterocycles. The molecule has 1 N–H and O–H groups in total. The minimum atomic E-state index is -0.479. The van der Waals surface area contributed by atoms with Gasteiger partial charge in [0.15, 0.2) is 0 Å². The number of amides is 1. The summed E-state index contributed by atoms with van der Waals surface area (Å²) in [6.45, 7) is 1.64. The van der Waals surface area contributed by atoms with Gasteiger partial charge in [0.05, 0.1) is 10.5 Å². The molecule has 102 valence electrons. The fraction of sp³-hybridized carbons (Fsp3) is 0.462. The van der Waals surface area contributed by atoms with Gasteiger partial charge in [0.2, 0.25) is 0 Å². The molecule has 0 heterocycles. The largest absolute Gasteiger partial charge is 0.345 e. The molecule has 1 aromatic rings. The quantitative estimate of drug-likeness (QED) is 0.524. The lowest BCUT2D eigenvalue weighted by Gasteiger charge is -2.41. The lowest BCUT2D eigenvalue weighted by Crippen LogP contribution is -2.55. The molecule has 1 aliphatic rings. The highest BCUT2D eigenvalue weighted by Crippen LogP contribution is 2.33. The van der Waals surface area contributed by atoms with E-state index in [1.807, 2.05) is 0 Å². The van der Waals surface area contributed by atoms with Gasteiger partial charge in [0, 0.05) is 23.1 Å². The third-order valence-electron chi connectivity index (χ3n) is 3.61. The Kier molecular flexibility index (Phi) is 3.75. The molecule has 2 rings (SSSR count). The summed E-state index contributed by atoms with van der Waals surface area (Å²) < 4.78 is 0. The molecule has 1 fully saturated rings. The monoisotopic (exact) mass is 282 g/mol. The van der Waals surface area contributed by atoms with E-state index in [1.165, 1.54) is 6.07 Å². The molecule has 0 radical (unpaired) electrons. The molecule has 6 heteroatoms. The number of hydrogen-bond acceptors (Lipinski definition) is 3. The van der Waals surface area contributed by atoms with Gasteiger partial charge < -0.3 is 5.32 Å². The van der Waals surface area contributed by atoms with E-state index in [0.29, 0.717) is 17.0 Å². The van der Waals surface area contributed by atoms with Crippen molar-refractivity contribution in [2.24, 2.45) is 0 Å². The molecule has 0 saturated heterocycles. The van der Waals surface area contributed by atoms with Crippen LogP contribution in [0.4, 0.5) is 5.69 Å². The fourth-order valence-corrected chi connectivity index (χ4v) is 2.49. The zero-order valence-electron chi connectivity index (χ0n) is 10.6. The van der Waals surface area contributed by atoms with Gasteiger partial charge in [-0.1, -0.05) is 6.07 Å². The standard InChI is InChI=1S/C13H15ClN2O3/c1-9-3-4-10(7-11(9)16(18)19)12(17)15-13(8-14)5-2-6-13/h3-4,7H,2,5-6,8H2,1H3,(H,15,17). The zero-order valence-corrected chi connectivity index (χ0v) is 11.4. The molecule has 1 amide bonds. The Morgan fingerprint density at radius 3 is 2.68 bits per heavy atom. The number of rotatable bonds is 4. The van der Waals surface area contributed by atoms with Crippen LogP contribution in [0.5, 0.6) is 0 Å². The molecule has 1 aliphatic carbocycles. The highest BCUT2D eigenvalue weighted by Gasteiger charge is 2.37. The van der Waals surface area contributed by atoms with Gasteiger partial charge in [-0.15, -0.1) is 11.6 Å². The predicted molar refractivity (Wildman–Crippen MR) is 72.6 cm³/mol. The molecule has 0 atom stereocenters. The number of nitrogens with one attached hydrogen (secondary N) is 1. The third-order valence-corrected chi connectivity index (χ3v) is 4.12. The van der Waals surface area contributed by atoms with Gasteiger partial charge in [-0.3, -0.25) is 14.9 Å². The molecule has 1 saturated carbocycles. The van der Waals surface area contributed by atoms with Crippen molar-refractivity contribution in [1.29, 1.82) is 0 Å². The Bertz CT molecular complexity index is 521. The smallest absolute Gasteiger partial charge is 0.273 e. The minimum absolute atomic E-state index is 0.0406. The Balaban J connectivity index is 2.20.